The topological polar surface area (TPSA) is 79.8 Å². The van der Waals surface area contributed by atoms with Crippen molar-refractivity contribution in [2.45, 2.75) is 44.6 Å². The highest BCUT2D eigenvalue weighted by Crippen LogP contribution is 2.24. The highest BCUT2D eigenvalue weighted by atomic mass is 16.5. The number of nitrogens with zero attached hydrogens (tertiary/aromatic N) is 1. The van der Waals surface area contributed by atoms with E-state index in [1.165, 1.54) is 18.2 Å². The Kier molecular flexibility index (Phi) is 5.25. The van der Waals surface area contributed by atoms with Crippen LogP contribution in [0.3, 0.4) is 0 Å². The number of carbonyl (C=O) groups is 2. The van der Waals surface area contributed by atoms with E-state index in [0.717, 1.165) is 37.1 Å². The van der Waals surface area contributed by atoms with E-state index in [2.05, 4.69) is 38.8 Å². The Morgan fingerprint density at radius 2 is 2.17 bits per heavy atom. The molecule has 1 aromatic carbocycles. The number of hydrazone groups is 1. The first-order valence-electron chi connectivity index (χ1n) is 8.43. The van der Waals surface area contributed by atoms with Gasteiger partial charge in [-0.05, 0) is 48.6 Å². The van der Waals surface area contributed by atoms with Gasteiger partial charge in [-0.2, -0.15) is 5.10 Å². The maximum atomic E-state index is 11.2. The lowest BCUT2D eigenvalue weighted by Crippen LogP contribution is -2.30. The molecule has 1 aromatic rings. The number of ether oxygens (including phenoxy) is 1. The first-order valence-corrected chi connectivity index (χ1v) is 8.43. The van der Waals surface area contributed by atoms with Gasteiger partial charge in [0.2, 0.25) is 5.91 Å². The second-order valence-corrected chi connectivity index (χ2v) is 6.32. The van der Waals surface area contributed by atoms with Gasteiger partial charge in [-0.15, -0.1) is 0 Å². The summed E-state index contributed by atoms with van der Waals surface area (Å²) in [4.78, 5) is 22.3. The molecule has 1 amide bonds. The standard InChI is InChI=1S/C18H23N3O3/c1-24-18(23)3-2-8-19-15-10-12-4-5-13(9-14(12)11-15)16-6-7-17(22)21-20-16/h4-5,9,15,19H,2-3,6-8,10-11H2,1H3,(H,21,22). The van der Waals surface area contributed by atoms with Crippen molar-refractivity contribution < 1.29 is 14.3 Å². The molecule has 1 aliphatic heterocycles. The fourth-order valence-corrected chi connectivity index (χ4v) is 3.27. The van der Waals surface area contributed by atoms with Gasteiger partial charge in [0.25, 0.3) is 0 Å². The van der Waals surface area contributed by atoms with Gasteiger partial charge >= 0.3 is 5.97 Å². The summed E-state index contributed by atoms with van der Waals surface area (Å²) in [5.74, 6) is -0.173. The molecule has 1 aliphatic carbocycles. The van der Waals surface area contributed by atoms with E-state index in [0.29, 0.717) is 25.3 Å². The van der Waals surface area contributed by atoms with Gasteiger partial charge in [0.1, 0.15) is 0 Å². The third kappa shape index (κ3) is 4.00. The van der Waals surface area contributed by atoms with Crippen LogP contribution in [0, 0.1) is 0 Å². The number of nitrogens with one attached hydrogen (secondary N) is 2. The van der Waals surface area contributed by atoms with Crippen molar-refractivity contribution in [3.63, 3.8) is 0 Å². The molecule has 1 atom stereocenters. The van der Waals surface area contributed by atoms with Gasteiger partial charge in [-0.25, -0.2) is 5.43 Å². The smallest absolute Gasteiger partial charge is 0.305 e. The number of hydrogen-bond acceptors (Lipinski definition) is 5. The third-order valence-electron chi connectivity index (χ3n) is 4.59. The zero-order valence-electron chi connectivity index (χ0n) is 13.9. The largest absolute Gasteiger partial charge is 0.469 e. The molecule has 0 radical (unpaired) electrons. The minimum absolute atomic E-state index is 0.0175. The zero-order valence-corrected chi connectivity index (χ0v) is 13.9. The Hall–Kier alpha value is -2.21. The summed E-state index contributed by atoms with van der Waals surface area (Å²) < 4.78 is 4.65. The zero-order chi connectivity index (χ0) is 16.9. The monoisotopic (exact) mass is 329 g/mol. The van der Waals surface area contributed by atoms with Crippen molar-refractivity contribution in [2.75, 3.05) is 13.7 Å². The number of rotatable bonds is 6. The van der Waals surface area contributed by atoms with Gasteiger partial charge in [-0.3, -0.25) is 9.59 Å². The van der Waals surface area contributed by atoms with E-state index < -0.39 is 0 Å². The maximum Gasteiger partial charge on any atom is 0.305 e. The molecule has 6 nitrogen and oxygen atoms in total. The van der Waals surface area contributed by atoms with E-state index in [1.807, 2.05) is 0 Å². The molecule has 1 unspecified atom stereocenters. The van der Waals surface area contributed by atoms with Crippen LogP contribution in [0.5, 0.6) is 0 Å². The molecule has 1 heterocycles. The number of fused-ring (bicyclic) bond motifs is 1. The van der Waals surface area contributed by atoms with Gasteiger partial charge < -0.3 is 10.1 Å². The number of methoxy groups -OCH3 is 1. The minimum atomic E-state index is -0.156. The van der Waals surface area contributed by atoms with Gasteiger partial charge in [0.15, 0.2) is 0 Å². The maximum absolute atomic E-state index is 11.2. The molecule has 0 saturated carbocycles. The molecule has 0 bridgehead atoms. The molecule has 24 heavy (non-hydrogen) atoms. The van der Waals surface area contributed by atoms with Gasteiger partial charge in [-0.1, -0.05) is 12.1 Å². The number of esters is 1. The number of hydrogen-bond donors (Lipinski definition) is 2. The van der Waals surface area contributed by atoms with E-state index in [-0.39, 0.29) is 11.9 Å². The van der Waals surface area contributed by atoms with E-state index in [9.17, 15) is 9.59 Å². The van der Waals surface area contributed by atoms with Crippen molar-refractivity contribution >= 4 is 17.6 Å². The molecule has 0 aromatic heterocycles. The van der Waals surface area contributed by atoms with Gasteiger partial charge in [0.05, 0.1) is 12.8 Å². The molecular weight excluding hydrogens is 306 g/mol. The summed E-state index contributed by atoms with van der Waals surface area (Å²) in [5, 5.41) is 7.69. The molecule has 0 fully saturated rings. The highest BCUT2D eigenvalue weighted by Gasteiger charge is 2.22. The summed E-state index contributed by atoms with van der Waals surface area (Å²) >= 11 is 0. The first kappa shape index (κ1) is 16.6. The fraction of sp³-hybridized carbons (Fsp3) is 0.500. The lowest BCUT2D eigenvalue weighted by molar-refractivity contribution is -0.140. The molecular formula is C18H23N3O3. The Morgan fingerprint density at radius 3 is 2.92 bits per heavy atom. The first-order chi connectivity index (χ1) is 11.7. The molecule has 128 valence electrons. The van der Waals surface area contributed by atoms with Crippen LogP contribution in [-0.4, -0.2) is 37.3 Å². The second kappa shape index (κ2) is 7.57. The molecule has 2 aliphatic rings. The third-order valence-corrected chi connectivity index (χ3v) is 4.59. The number of benzene rings is 1. The second-order valence-electron chi connectivity index (χ2n) is 6.32. The average molecular weight is 329 g/mol. The summed E-state index contributed by atoms with van der Waals surface area (Å²) in [6.45, 7) is 0.819. The minimum Gasteiger partial charge on any atom is -0.469 e. The molecule has 3 rings (SSSR count). The van der Waals surface area contributed by atoms with Crippen LogP contribution >= 0.6 is 0 Å². The van der Waals surface area contributed by atoms with Gasteiger partial charge in [0, 0.05) is 25.3 Å². The van der Waals surface area contributed by atoms with E-state index in [4.69, 9.17) is 0 Å². The molecule has 0 spiro atoms. The number of carbonyl (C=O) groups excluding carboxylic acids is 2. The predicted molar refractivity (Wildman–Crippen MR) is 90.8 cm³/mol. The van der Waals surface area contributed by atoms with Crippen molar-refractivity contribution in [1.82, 2.24) is 10.7 Å². The Bertz CT molecular complexity index is 669. The molecule has 2 N–H and O–H groups in total. The highest BCUT2D eigenvalue weighted by molar-refractivity contribution is 6.04. The molecule has 6 heteroatoms. The van der Waals surface area contributed by atoms with Crippen LogP contribution in [0.1, 0.15) is 42.4 Å². The van der Waals surface area contributed by atoms with Crippen LogP contribution < -0.4 is 10.7 Å². The predicted octanol–water partition coefficient (Wildman–Crippen LogP) is 1.31. The van der Waals surface area contributed by atoms with E-state index >= 15 is 0 Å². The van der Waals surface area contributed by atoms with Crippen molar-refractivity contribution in [1.29, 1.82) is 0 Å². The van der Waals surface area contributed by atoms with E-state index in [1.54, 1.807) is 0 Å². The fourth-order valence-electron chi connectivity index (χ4n) is 3.27. The van der Waals surface area contributed by atoms with Crippen LogP contribution in [0.25, 0.3) is 0 Å². The average Bonchev–Trinajstić information content (AvgIpc) is 3.01. The van der Waals surface area contributed by atoms with Crippen molar-refractivity contribution in [2.24, 2.45) is 5.10 Å². The quantitative estimate of drug-likeness (QED) is 0.609. The Balaban J connectivity index is 1.54. The molecule has 0 saturated heterocycles. The Labute approximate surface area is 141 Å². The van der Waals surface area contributed by atoms with Crippen LogP contribution in [-0.2, 0) is 27.2 Å². The summed E-state index contributed by atoms with van der Waals surface area (Å²) in [5.41, 5.74) is 7.31. The Morgan fingerprint density at radius 1 is 1.33 bits per heavy atom. The lowest BCUT2D eigenvalue weighted by atomic mass is 10.00. The number of amides is 1. The van der Waals surface area contributed by atoms with Crippen LogP contribution in [0.2, 0.25) is 0 Å². The van der Waals surface area contributed by atoms with Crippen LogP contribution in [0.4, 0.5) is 0 Å². The normalized spacial score (nSPS) is 19.5. The SMILES string of the molecule is COC(=O)CCCNC1Cc2ccc(C3=NNC(=O)CC3)cc2C1. The van der Waals surface area contributed by atoms with Crippen LogP contribution in [0.15, 0.2) is 23.3 Å². The summed E-state index contributed by atoms with van der Waals surface area (Å²) in [7, 11) is 1.42. The summed E-state index contributed by atoms with van der Waals surface area (Å²) in [6, 6.07) is 6.87. The summed E-state index contributed by atoms with van der Waals surface area (Å²) in [6.07, 6.45) is 4.44. The van der Waals surface area contributed by atoms with Crippen molar-refractivity contribution in [3.8, 4) is 0 Å². The lowest BCUT2D eigenvalue weighted by Gasteiger charge is -2.13. The van der Waals surface area contributed by atoms with Crippen molar-refractivity contribution in [3.05, 3.63) is 34.9 Å².